The van der Waals surface area contributed by atoms with Crippen molar-refractivity contribution in [2.75, 3.05) is 12.9 Å². The Morgan fingerprint density at radius 1 is 1.16 bits per heavy atom. The minimum Gasteiger partial charge on any atom is -0.387 e. The summed E-state index contributed by atoms with van der Waals surface area (Å²) in [5.41, 5.74) is 0. The maximum Gasteiger partial charge on any atom is 0.397 e. The van der Waals surface area contributed by atoms with Crippen LogP contribution in [0.4, 0.5) is 0 Å². The SMILES string of the molecule is CS(=O)(=O)OC1[C@@H]2OCC(O2)[C@@H](OS(=O)(=O)O)[C@@H]1O. The van der Waals surface area contributed by atoms with Gasteiger partial charge in [-0.05, 0) is 0 Å². The second-order valence-electron chi connectivity index (χ2n) is 4.12. The predicted octanol–water partition coefficient (Wildman–Crippen LogP) is -2.36. The van der Waals surface area contributed by atoms with E-state index in [0.717, 1.165) is 6.26 Å². The number of hydrogen-bond acceptors (Lipinski definition) is 9. The molecule has 2 aliphatic rings. The molecule has 19 heavy (non-hydrogen) atoms. The van der Waals surface area contributed by atoms with Crippen LogP contribution in [0.2, 0.25) is 0 Å². The Morgan fingerprint density at radius 2 is 1.79 bits per heavy atom. The Kier molecular flexibility index (Phi) is 3.88. The molecule has 2 heterocycles. The third-order valence-electron chi connectivity index (χ3n) is 2.56. The van der Waals surface area contributed by atoms with E-state index in [1.807, 2.05) is 0 Å². The minimum absolute atomic E-state index is 0.133. The number of rotatable bonds is 4. The summed E-state index contributed by atoms with van der Waals surface area (Å²) in [6.07, 6.45) is -6.04. The standard InChI is InChI=1S/C7H12O10S2/c1-18(9,10)16-6-4(8)5(17-19(11,12)13)3-2-14-7(6)15-3/h3-8H,2H2,1H3,(H,11,12,13)/t3?,4-,5+,6?,7+/m0/s1. The molecule has 0 spiro atoms. The molecule has 0 radical (unpaired) electrons. The van der Waals surface area contributed by atoms with E-state index in [2.05, 4.69) is 8.37 Å². The molecule has 2 unspecified atom stereocenters. The van der Waals surface area contributed by atoms with Crippen LogP contribution >= 0.6 is 0 Å². The largest absolute Gasteiger partial charge is 0.397 e. The number of ether oxygens (including phenoxy) is 2. The molecule has 0 aromatic heterocycles. The summed E-state index contributed by atoms with van der Waals surface area (Å²) in [5, 5.41) is 9.89. The summed E-state index contributed by atoms with van der Waals surface area (Å²) in [6.45, 7) is -0.133. The third kappa shape index (κ3) is 3.61. The van der Waals surface area contributed by atoms with Crippen molar-refractivity contribution in [3.8, 4) is 0 Å². The van der Waals surface area contributed by atoms with E-state index in [1.54, 1.807) is 0 Å². The van der Waals surface area contributed by atoms with Crippen molar-refractivity contribution in [3.05, 3.63) is 0 Å². The fourth-order valence-electron chi connectivity index (χ4n) is 1.92. The number of fused-ring (bicyclic) bond motifs is 2. The van der Waals surface area contributed by atoms with Crippen molar-refractivity contribution >= 4 is 20.5 Å². The van der Waals surface area contributed by atoms with Crippen molar-refractivity contribution in [2.24, 2.45) is 0 Å². The Balaban J connectivity index is 2.22. The van der Waals surface area contributed by atoms with Gasteiger partial charge in [0.2, 0.25) is 0 Å². The minimum atomic E-state index is -4.85. The molecule has 10 nitrogen and oxygen atoms in total. The average molecular weight is 320 g/mol. The number of aliphatic hydroxyl groups excluding tert-OH is 1. The summed E-state index contributed by atoms with van der Waals surface area (Å²) in [4.78, 5) is 0. The molecular formula is C7H12O10S2. The van der Waals surface area contributed by atoms with Gasteiger partial charge in [-0.25, -0.2) is 4.18 Å². The highest BCUT2D eigenvalue weighted by Gasteiger charge is 2.54. The van der Waals surface area contributed by atoms with Gasteiger partial charge in [-0.1, -0.05) is 0 Å². The van der Waals surface area contributed by atoms with Crippen LogP contribution in [0.5, 0.6) is 0 Å². The Morgan fingerprint density at radius 3 is 2.32 bits per heavy atom. The van der Waals surface area contributed by atoms with Crippen LogP contribution < -0.4 is 0 Å². The van der Waals surface area contributed by atoms with Crippen LogP contribution in [0.25, 0.3) is 0 Å². The number of aliphatic hydroxyl groups is 1. The molecule has 12 heteroatoms. The maximum atomic E-state index is 11.1. The highest BCUT2D eigenvalue weighted by atomic mass is 32.3. The first-order valence-electron chi connectivity index (χ1n) is 5.06. The normalized spacial score (nSPS) is 39.4. The second kappa shape index (κ2) is 4.89. The molecule has 0 aromatic rings. The zero-order chi connectivity index (χ0) is 14.4. The Labute approximate surface area is 109 Å². The fourth-order valence-corrected chi connectivity index (χ4v) is 3.04. The van der Waals surface area contributed by atoms with E-state index < -0.39 is 51.2 Å². The maximum absolute atomic E-state index is 11.1. The molecular weight excluding hydrogens is 308 g/mol. The topological polar surface area (TPSA) is 146 Å². The smallest absolute Gasteiger partial charge is 0.387 e. The summed E-state index contributed by atoms with van der Waals surface area (Å²) in [6, 6.07) is 0. The van der Waals surface area contributed by atoms with Crippen molar-refractivity contribution in [1.82, 2.24) is 0 Å². The first-order chi connectivity index (χ1) is 8.57. The first-order valence-corrected chi connectivity index (χ1v) is 8.24. The molecule has 0 aromatic carbocycles. The van der Waals surface area contributed by atoms with E-state index in [0.29, 0.717) is 0 Å². The summed E-state index contributed by atoms with van der Waals surface area (Å²) in [7, 11) is -8.78. The predicted molar refractivity (Wildman–Crippen MR) is 56.8 cm³/mol. The second-order valence-corrected chi connectivity index (χ2v) is 6.77. The monoisotopic (exact) mass is 320 g/mol. The third-order valence-corrected chi connectivity index (χ3v) is 3.60. The molecule has 2 fully saturated rings. The van der Waals surface area contributed by atoms with Crippen LogP contribution in [-0.2, 0) is 38.4 Å². The zero-order valence-electron chi connectivity index (χ0n) is 9.57. The van der Waals surface area contributed by atoms with Crippen LogP contribution in [0.15, 0.2) is 0 Å². The van der Waals surface area contributed by atoms with Gasteiger partial charge in [0.15, 0.2) is 12.4 Å². The molecule has 0 aliphatic carbocycles. The van der Waals surface area contributed by atoms with E-state index >= 15 is 0 Å². The Bertz CT molecular complexity index is 490. The van der Waals surface area contributed by atoms with Gasteiger partial charge < -0.3 is 14.6 Å². The van der Waals surface area contributed by atoms with E-state index in [9.17, 15) is 21.9 Å². The number of hydrogen-bond donors (Lipinski definition) is 2. The molecule has 112 valence electrons. The lowest BCUT2D eigenvalue weighted by atomic mass is 10.0. The summed E-state index contributed by atoms with van der Waals surface area (Å²) >= 11 is 0. The highest BCUT2D eigenvalue weighted by Crippen LogP contribution is 2.32. The van der Waals surface area contributed by atoms with E-state index in [1.165, 1.54) is 0 Å². The van der Waals surface area contributed by atoms with Crippen molar-refractivity contribution in [1.29, 1.82) is 0 Å². The Hall–Kier alpha value is -0.340. The fraction of sp³-hybridized carbons (Fsp3) is 1.00. The van der Waals surface area contributed by atoms with Crippen molar-refractivity contribution in [3.63, 3.8) is 0 Å². The molecule has 2 saturated heterocycles. The van der Waals surface area contributed by atoms with Gasteiger partial charge >= 0.3 is 10.4 Å². The molecule has 0 saturated carbocycles. The van der Waals surface area contributed by atoms with Crippen LogP contribution in [0.1, 0.15) is 0 Å². The van der Waals surface area contributed by atoms with Crippen LogP contribution in [-0.4, -0.2) is 70.1 Å². The van der Waals surface area contributed by atoms with Gasteiger partial charge in [-0.15, -0.1) is 0 Å². The average Bonchev–Trinajstić information content (AvgIpc) is 2.63. The molecule has 2 rings (SSSR count). The highest BCUT2D eigenvalue weighted by molar-refractivity contribution is 7.86. The van der Waals surface area contributed by atoms with Gasteiger partial charge in [0, 0.05) is 0 Å². The van der Waals surface area contributed by atoms with Gasteiger partial charge in [-0.3, -0.25) is 8.74 Å². The van der Waals surface area contributed by atoms with Gasteiger partial charge in [-0.2, -0.15) is 16.8 Å². The van der Waals surface area contributed by atoms with Gasteiger partial charge in [0.25, 0.3) is 10.1 Å². The van der Waals surface area contributed by atoms with E-state index in [4.69, 9.17) is 14.0 Å². The van der Waals surface area contributed by atoms with Crippen molar-refractivity contribution in [2.45, 2.75) is 30.7 Å². The van der Waals surface area contributed by atoms with Gasteiger partial charge in [0.1, 0.15) is 18.3 Å². The van der Waals surface area contributed by atoms with Crippen molar-refractivity contribution < 1.29 is 44.3 Å². The molecule has 2 aliphatic heterocycles. The molecule has 0 amide bonds. The van der Waals surface area contributed by atoms with Gasteiger partial charge in [0.05, 0.1) is 12.9 Å². The lowest BCUT2D eigenvalue weighted by Gasteiger charge is -2.35. The first kappa shape index (κ1) is 15.1. The zero-order valence-corrected chi connectivity index (χ0v) is 11.2. The quantitative estimate of drug-likeness (QED) is 0.426. The molecule has 2 bridgehead atoms. The molecule has 2 N–H and O–H groups in total. The lowest BCUT2D eigenvalue weighted by Crippen LogP contribution is -2.56. The summed E-state index contributed by atoms with van der Waals surface area (Å²) in [5.74, 6) is 0. The van der Waals surface area contributed by atoms with E-state index in [-0.39, 0.29) is 6.61 Å². The lowest BCUT2D eigenvalue weighted by molar-refractivity contribution is -0.214. The summed E-state index contributed by atoms with van der Waals surface area (Å²) < 4.78 is 71.1. The van der Waals surface area contributed by atoms with Crippen LogP contribution in [0, 0.1) is 0 Å². The molecule has 5 atom stereocenters. The van der Waals surface area contributed by atoms with Crippen LogP contribution in [0.3, 0.4) is 0 Å².